The molecule has 0 bridgehead atoms. The van der Waals surface area contributed by atoms with Crippen LogP contribution in [-0.2, 0) is 22.4 Å². The minimum absolute atomic E-state index is 0.279. The number of phenolic OH excluding ortho intramolecular Hbond substituents is 3. The fourth-order valence-electron chi connectivity index (χ4n) is 3.73. The van der Waals surface area contributed by atoms with Crippen LogP contribution >= 0.6 is 0 Å². The summed E-state index contributed by atoms with van der Waals surface area (Å²) in [7, 11) is 0. The van der Waals surface area contributed by atoms with Gasteiger partial charge in [-0.3, -0.25) is 9.59 Å². The number of carboxylic acids is 2. The van der Waals surface area contributed by atoms with Crippen LogP contribution in [0.2, 0.25) is 0 Å². The van der Waals surface area contributed by atoms with Crippen molar-refractivity contribution in [3.05, 3.63) is 17.2 Å². The minimum atomic E-state index is -0.806. The average molecular weight is 453 g/mol. The smallest absolute Gasteiger partial charge is 0.309 e. The molecular formula is C25H40O7. The topological polar surface area (TPSA) is 135 Å². The molecule has 0 aromatic heterocycles. The van der Waals surface area contributed by atoms with E-state index in [0.717, 1.165) is 50.5 Å². The maximum absolute atomic E-state index is 11.2. The first-order valence-electron chi connectivity index (χ1n) is 11.5. The third-order valence-corrected chi connectivity index (χ3v) is 6.34. The molecule has 1 rings (SSSR count). The highest BCUT2D eigenvalue weighted by molar-refractivity contribution is 5.73. The van der Waals surface area contributed by atoms with E-state index >= 15 is 0 Å². The monoisotopic (exact) mass is 452 g/mol. The van der Waals surface area contributed by atoms with E-state index in [-0.39, 0.29) is 11.5 Å². The molecule has 5 N–H and O–H groups in total. The van der Waals surface area contributed by atoms with E-state index in [0.29, 0.717) is 31.2 Å². The third kappa shape index (κ3) is 8.24. The number of carbonyl (C=O) groups is 2. The van der Waals surface area contributed by atoms with Gasteiger partial charge in [0.25, 0.3) is 0 Å². The molecule has 0 amide bonds. The van der Waals surface area contributed by atoms with Gasteiger partial charge in [-0.25, -0.2) is 0 Å². The highest BCUT2D eigenvalue weighted by atomic mass is 16.4. The second-order valence-corrected chi connectivity index (χ2v) is 10.1. The van der Waals surface area contributed by atoms with Crippen molar-refractivity contribution >= 4 is 11.9 Å². The quantitative estimate of drug-likeness (QED) is 0.172. The fraction of sp³-hybridized carbons (Fsp3) is 0.680. The van der Waals surface area contributed by atoms with Gasteiger partial charge >= 0.3 is 11.9 Å². The Kier molecular flexibility index (Phi) is 10.3. The second-order valence-electron chi connectivity index (χ2n) is 10.1. The van der Waals surface area contributed by atoms with Gasteiger partial charge in [0.05, 0.1) is 10.8 Å². The zero-order valence-corrected chi connectivity index (χ0v) is 19.9. The molecule has 0 heterocycles. The Balaban J connectivity index is 2.59. The zero-order chi connectivity index (χ0) is 24.5. The molecule has 182 valence electrons. The van der Waals surface area contributed by atoms with E-state index in [1.54, 1.807) is 27.7 Å². The van der Waals surface area contributed by atoms with Crippen molar-refractivity contribution in [2.75, 3.05) is 0 Å². The van der Waals surface area contributed by atoms with Crippen molar-refractivity contribution in [3.8, 4) is 17.2 Å². The first kappa shape index (κ1) is 27.6. The summed E-state index contributed by atoms with van der Waals surface area (Å²) in [5, 5.41) is 48.6. The lowest BCUT2D eigenvalue weighted by atomic mass is 9.86. The highest BCUT2D eigenvalue weighted by Crippen LogP contribution is 2.41. The Morgan fingerprint density at radius 3 is 1.62 bits per heavy atom. The zero-order valence-electron chi connectivity index (χ0n) is 19.9. The summed E-state index contributed by atoms with van der Waals surface area (Å²) in [5.41, 5.74) is -0.0485. The van der Waals surface area contributed by atoms with Gasteiger partial charge in [0.15, 0.2) is 11.5 Å². The predicted molar refractivity (Wildman–Crippen MR) is 123 cm³/mol. The lowest BCUT2D eigenvalue weighted by Crippen LogP contribution is -2.23. The number of rotatable bonds is 15. The van der Waals surface area contributed by atoms with Crippen molar-refractivity contribution in [1.82, 2.24) is 0 Å². The number of hydrogen-bond acceptors (Lipinski definition) is 5. The third-order valence-electron chi connectivity index (χ3n) is 6.34. The molecule has 7 heteroatoms. The molecule has 0 saturated heterocycles. The van der Waals surface area contributed by atoms with Gasteiger partial charge in [0.1, 0.15) is 0 Å². The summed E-state index contributed by atoms with van der Waals surface area (Å²) >= 11 is 0. The summed E-state index contributed by atoms with van der Waals surface area (Å²) in [6.07, 6.45) is 8.12. The van der Waals surface area contributed by atoms with Crippen molar-refractivity contribution in [1.29, 1.82) is 0 Å². The fourth-order valence-corrected chi connectivity index (χ4v) is 3.73. The molecule has 32 heavy (non-hydrogen) atoms. The molecule has 0 atom stereocenters. The van der Waals surface area contributed by atoms with E-state index in [9.17, 15) is 35.1 Å². The Morgan fingerprint density at radius 1 is 0.688 bits per heavy atom. The molecule has 0 unspecified atom stereocenters. The lowest BCUT2D eigenvalue weighted by molar-refractivity contribution is -0.148. The largest absolute Gasteiger partial charge is 0.504 e. The Labute approximate surface area is 191 Å². The van der Waals surface area contributed by atoms with Gasteiger partial charge in [0.2, 0.25) is 5.75 Å². The van der Waals surface area contributed by atoms with Crippen LogP contribution < -0.4 is 0 Å². The number of benzene rings is 1. The normalized spacial score (nSPS) is 12.1. The number of unbranched alkanes of at least 4 members (excludes halogenated alkanes) is 5. The van der Waals surface area contributed by atoms with E-state index in [1.807, 2.05) is 0 Å². The molecule has 0 radical (unpaired) electrons. The molecule has 0 aliphatic rings. The molecule has 0 aliphatic heterocycles. The lowest BCUT2D eigenvalue weighted by Gasteiger charge is -2.19. The molecular weight excluding hydrogens is 412 g/mol. The molecule has 1 aromatic rings. The van der Waals surface area contributed by atoms with Crippen LogP contribution in [0.1, 0.15) is 96.6 Å². The molecule has 1 aromatic carbocycles. The van der Waals surface area contributed by atoms with E-state index < -0.39 is 28.5 Å². The van der Waals surface area contributed by atoms with Gasteiger partial charge in [-0.15, -0.1) is 0 Å². The van der Waals surface area contributed by atoms with Gasteiger partial charge in [-0.2, -0.15) is 0 Å². The van der Waals surface area contributed by atoms with Crippen LogP contribution in [0, 0.1) is 10.8 Å². The van der Waals surface area contributed by atoms with Gasteiger partial charge in [0, 0.05) is 5.56 Å². The maximum Gasteiger partial charge on any atom is 0.309 e. The second kappa shape index (κ2) is 12.0. The standard InChI is InChI=1S/C25H40O7/c1-24(2,22(29)30)14-10-6-5-9-13-18-17(16-19(26)21(28)20(18)27)12-8-7-11-15-25(3,4)23(31)32/h16,26-28H,5-15H2,1-4H3,(H,29,30)(H,31,32). The number of carboxylic acid groups (broad SMARTS) is 2. The van der Waals surface area contributed by atoms with Crippen LogP contribution in [0.25, 0.3) is 0 Å². The van der Waals surface area contributed by atoms with Crippen LogP contribution in [-0.4, -0.2) is 37.5 Å². The van der Waals surface area contributed by atoms with Gasteiger partial charge in [-0.1, -0.05) is 32.1 Å². The number of aryl methyl sites for hydroxylation is 1. The van der Waals surface area contributed by atoms with Crippen molar-refractivity contribution in [2.45, 2.75) is 98.3 Å². The van der Waals surface area contributed by atoms with E-state index in [2.05, 4.69) is 0 Å². The Morgan fingerprint density at radius 2 is 1.12 bits per heavy atom. The first-order valence-corrected chi connectivity index (χ1v) is 11.5. The molecule has 0 aliphatic carbocycles. The highest BCUT2D eigenvalue weighted by Gasteiger charge is 2.27. The van der Waals surface area contributed by atoms with Crippen LogP contribution in [0.4, 0.5) is 0 Å². The number of phenols is 3. The van der Waals surface area contributed by atoms with Gasteiger partial charge in [-0.05, 0) is 77.8 Å². The van der Waals surface area contributed by atoms with E-state index in [1.165, 1.54) is 6.07 Å². The van der Waals surface area contributed by atoms with Gasteiger partial charge < -0.3 is 25.5 Å². The number of aliphatic carboxylic acids is 2. The summed E-state index contributed by atoms with van der Waals surface area (Å²) < 4.78 is 0. The van der Waals surface area contributed by atoms with Crippen LogP contribution in [0.3, 0.4) is 0 Å². The van der Waals surface area contributed by atoms with Crippen molar-refractivity contribution < 1.29 is 35.1 Å². The first-order chi connectivity index (χ1) is 14.8. The van der Waals surface area contributed by atoms with Crippen LogP contribution in [0.15, 0.2) is 6.07 Å². The Hall–Kier alpha value is -2.44. The average Bonchev–Trinajstić information content (AvgIpc) is 2.69. The predicted octanol–water partition coefficient (Wildman–Crippen LogP) is 5.62. The SMILES string of the molecule is CC(C)(CCCCCCc1c(CCCCCC(C)(C)C(=O)O)cc(O)c(O)c1O)C(=O)O. The van der Waals surface area contributed by atoms with Crippen LogP contribution in [0.5, 0.6) is 17.2 Å². The summed E-state index contributed by atoms with van der Waals surface area (Å²) in [6, 6.07) is 1.50. The van der Waals surface area contributed by atoms with Crippen molar-refractivity contribution in [3.63, 3.8) is 0 Å². The number of hydrogen-bond donors (Lipinski definition) is 5. The summed E-state index contributed by atoms with van der Waals surface area (Å²) in [5.74, 6) is -2.73. The summed E-state index contributed by atoms with van der Waals surface area (Å²) in [4.78, 5) is 22.4. The molecule has 0 fully saturated rings. The minimum Gasteiger partial charge on any atom is -0.504 e. The summed E-state index contributed by atoms with van der Waals surface area (Å²) in [6.45, 7) is 6.88. The number of aromatic hydroxyl groups is 3. The maximum atomic E-state index is 11.2. The van der Waals surface area contributed by atoms with E-state index in [4.69, 9.17) is 0 Å². The molecule has 0 spiro atoms. The van der Waals surface area contributed by atoms with Crippen molar-refractivity contribution in [2.24, 2.45) is 10.8 Å². The molecule has 7 nitrogen and oxygen atoms in total. The molecule has 0 saturated carbocycles. The Bertz CT molecular complexity index is 781.